The van der Waals surface area contributed by atoms with Crippen LogP contribution < -0.4 is 4.98 Å². The van der Waals surface area contributed by atoms with Crippen LogP contribution in [0.25, 0.3) is 0 Å². The van der Waals surface area contributed by atoms with Crippen LogP contribution in [0, 0.1) is 0 Å². The summed E-state index contributed by atoms with van der Waals surface area (Å²) in [5, 5.41) is 0. The van der Waals surface area contributed by atoms with E-state index in [9.17, 15) is 4.79 Å². The van der Waals surface area contributed by atoms with Gasteiger partial charge in [0.25, 0.3) is 0 Å². The molecular weight excluding hydrogens is 189 g/mol. The van der Waals surface area contributed by atoms with Crippen molar-refractivity contribution in [2.24, 2.45) is 0 Å². The number of hydrogen-bond donors (Lipinski definition) is 1. The molecule has 0 radical (unpaired) electrons. The highest BCUT2D eigenvalue weighted by molar-refractivity contribution is 6.76. The van der Waals surface area contributed by atoms with Crippen LogP contribution in [0.15, 0.2) is 0 Å². The van der Waals surface area contributed by atoms with Crippen LogP contribution in [0.3, 0.4) is 0 Å². The number of halogens is 2. The van der Waals surface area contributed by atoms with E-state index < -0.39 is 13.1 Å². The maximum atomic E-state index is 10.8. The minimum atomic E-state index is -1.55. The first kappa shape index (κ1) is 10.3. The lowest BCUT2D eigenvalue weighted by Crippen LogP contribution is -2.47. The molecule has 0 bridgehead atoms. The minimum Gasteiger partial charge on any atom is -0.380 e. The van der Waals surface area contributed by atoms with Gasteiger partial charge in [0.2, 0.25) is 5.91 Å². The second-order valence-corrected chi connectivity index (χ2v) is 8.89. The summed E-state index contributed by atoms with van der Waals surface area (Å²) < 4.78 is 0. The van der Waals surface area contributed by atoms with E-state index in [4.69, 9.17) is 23.2 Å². The summed E-state index contributed by atoms with van der Waals surface area (Å²) in [5.41, 5.74) is 0. The normalized spacial score (nSPS) is 11.8. The second-order valence-electron chi connectivity index (χ2n) is 3.04. The molecule has 60 valence electrons. The molecule has 0 fully saturated rings. The standard InChI is InChI=1S/C5H11Cl2NOSi/c1-10(2,3)8-5(9)4(6)7/h4H,1-3H3,(H,8,9). The van der Waals surface area contributed by atoms with E-state index >= 15 is 0 Å². The average Bonchev–Trinajstić information content (AvgIpc) is 1.60. The van der Waals surface area contributed by atoms with Gasteiger partial charge in [-0.3, -0.25) is 4.79 Å². The zero-order valence-corrected chi connectivity index (χ0v) is 8.75. The third-order valence-corrected chi connectivity index (χ3v) is 2.09. The van der Waals surface area contributed by atoms with Crippen molar-refractivity contribution in [2.75, 3.05) is 0 Å². The SMILES string of the molecule is C[Si](C)(C)NC(=O)C(Cl)Cl. The van der Waals surface area contributed by atoms with E-state index in [1.54, 1.807) is 0 Å². The van der Waals surface area contributed by atoms with Crippen molar-refractivity contribution >= 4 is 37.3 Å². The van der Waals surface area contributed by atoms with Gasteiger partial charge in [0, 0.05) is 0 Å². The van der Waals surface area contributed by atoms with Gasteiger partial charge >= 0.3 is 0 Å². The van der Waals surface area contributed by atoms with Crippen molar-refractivity contribution in [3.63, 3.8) is 0 Å². The molecule has 2 nitrogen and oxygen atoms in total. The van der Waals surface area contributed by atoms with Crippen LogP contribution in [0.2, 0.25) is 19.6 Å². The van der Waals surface area contributed by atoms with Crippen LogP contribution in [0.5, 0.6) is 0 Å². The van der Waals surface area contributed by atoms with E-state index in [1.165, 1.54) is 0 Å². The van der Waals surface area contributed by atoms with E-state index in [0.717, 1.165) is 0 Å². The predicted molar refractivity (Wildman–Crippen MR) is 47.0 cm³/mol. The summed E-state index contributed by atoms with van der Waals surface area (Å²) in [7, 11) is -1.55. The molecule has 0 aliphatic rings. The van der Waals surface area contributed by atoms with E-state index in [0.29, 0.717) is 0 Å². The number of alkyl halides is 2. The molecule has 0 aromatic rings. The number of carbonyl (C=O) groups excluding carboxylic acids is 1. The second kappa shape index (κ2) is 3.60. The first-order valence-electron chi connectivity index (χ1n) is 2.93. The quantitative estimate of drug-likeness (QED) is 0.534. The van der Waals surface area contributed by atoms with E-state index in [2.05, 4.69) is 4.98 Å². The molecule has 0 atom stereocenters. The molecule has 0 saturated carbocycles. The highest BCUT2D eigenvalue weighted by Crippen LogP contribution is 2.03. The molecule has 0 rings (SSSR count). The van der Waals surface area contributed by atoms with Crippen molar-refractivity contribution in [3.05, 3.63) is 0 Å². The van der Waals surface area contributed by atoms with Crippen LogP contribution in [0.4, 0.5) is 0 Å². The molecule has 0 aliphatic carbocycles. The maximum Gasteiger partial charge on any atom is 0.245 e. The van der Waals surface area contributed by atoms with Crippen molar-refractivity contribution < 1.29 is 4.79 Å². The van der Waals surface area contributed by atoms with Crippen molar-refractivity contribution in [3.8, 4) is 0 Å². The van der Waals surface area contributed by atoms with Gasteiger partial charge in [-0.2, -0.15) is 0 Å². The van der Waals surface area contributed by atoms with Gasteiger partial charge in [0.1, 0.15) is 8.24 Å². The number of amides is 1. The van der Waals surface area contributed by atoms with Crippen LogP contribution >= 0.6 is 23.2 Å². The number of carbonyl (C=O) groups is 1. The lowest BCUT2D eigenvalue weighted by Gasteiger charge is -2.17. The van der Waals surface area contributed by atoms with Gasteiger partial charge in [-0.05, 0) is 0 Å². The Balaban J connectivity index is 3.81. The molecule has 0 aromatic carbocycles. The summed E-state index contributed by atoms with van der Waals surface area (Å²) >= 11 is 10.6. The number of hydrogen-bond acceptors (Lipinski definition) is 1. The topological polar surface area (TPSA) is 29.1 Å². The van der Waals surface area contributed by atoms with Crippen molar-refractivity contribution in [1.82, 2.24) is 4.98 Å². The Labute approximate surface area is 72.0 Å². The van der Waals surface area contributed by atoms with Gasteiger partial charge in [-0.1, -0.05) is 42.8 Å². The van der Waals surface area contributed by atoms with Gasteiger partial charge in [-0.25, -0.2) is 0 Å². The highest BCUT2D eigenvalue weighted by Gasteiger charge is 2.20. The van der Waals surface area contributed by atoms with Crippen molar-refractivity contribution in [1.29, 1.82) is 0 Å². The number of rotatable bonds is 2. The average molecular weight is 200 g/mol. The molecule has 10 heavy (non-hydrogen) atoms. The minimum absolute atomic E-state index is 0.289. The summed E-state index contributed by atoms with van der Waals surface area (Å²) in [4.78, 5) is 12.6. The van der Waals surface area contributed by atoms with E-state index in [-0.39, 0.29) is 5.91 Å². The Kier molecular flexibility index (Phi) is 3.69. The lowest BCUT2D eigenvalue weighted by molar-refractivity contribution is -0.117. The third-order valence-electron chi connectivity index (χ3n) is 0.696. The smallest absolute Gasteiger partial charge is 0.245 e. The Bertz CT molecular complexity index is 132. The molecule has 0 aromatic heterocycles. The lowest BCUT2D eigenvalue weighted by atomic mass is 10.8. The molecule has 0 heterocycles. The molecular formula is C5H11Cl2NOSi. The first-order valence-corrected chi connectivity index (χ1v) is 7.30. The molecule has 0 unspecified atom stereocenters. The van der Waals surface area contributed by atoms with Crippen LogP contribution in [0.1, 0.15) is 0 Å². The fourth-order valence-corrected chi connectivity index (χ4v) is 1.60. The highest BCUT2D eigenvalue weighted by atomic mass is 35.5. The van der Waals surface area contributed by atoms with Crippen LogP contribution in [-0.4, -0.2) is 19.0 Å². The van der Waals surface area contributed by atoms with Gasteiger partial charge in [0.05, 0.1) is 0 Å². The van der Waals surface area contributed by atoms with E-state index in [1.807, 2.05) is 19.6 Å². The van der Waals surface area contributed by atoms with Gasteiger partial charge < -0.3 is 4.98 Å². The fourth-order valence-electron chi connectivity index (χ4n) is 0.424. The monoisotopic (exact) mass is 199 g/mol. The zero-order chi connectivity index (χ0) is 8.36. The molecule has 0 aliphatic heterocycles. The molecule has 0 spiro atoms. The molecule has 0 saturated heterocycles. The summed E-state index contributed by atoms with van der Waals surface area (Å²) in [6.07, 6.45) is 0. The zero-order valence-electron chi connectivity index (χ0n) is 6.24. The third kappa shape index (κ3) is 5.08. The van der Waals surface area contributed by atoms with Gasteiger partial charge in [-0.15, -0.1) is 0 Å². The maximum absolute atomic E-state index is 10.8. The Morgan fingerprint density at radius 2 is 1.80 bits per heavy atom. The summed E-state index contributed by atoms with van der Waals surface area (Å²) in [6, 6.07) is 0. The summed E-state index contributed by atoms with van der Waals surface area (Å²) in [5.74, 6) is -0.289. The fraction of sp³-hybridized carbons (Fsp3) is 0.800. The Hall–Kier alpha value is 0.267. The largest absolute Gasteiger partial charge is 0.380 e. The van der Waals surface area contributed by atoms with Crippen LogP contribution in [-0.2, 0) is 4.79 Å². The Morgan fingerprint density at radius 1 is 1.40 bits per heavy atom. The van der Waals surface area contributed by atoms with Gasteiger partial charge in [0.15, 0.2) is 4.84 Å². The number of nitrogens with one attached hydrogen (secondary N) is 1. The summed E-state index contributed by atoms with van der Waals surface area (Å²) in [6.45, 7) is 6.00. The molecule has 5 heteroatoms. The Morgan fingerprint density at radius 3 is 1.90 bits per heavy atom. The van der Waals surface area contributed by atoms with Crippen molar-refractivity contribution in [2.45, 2.75) is 24.5 Å². The first-order chi connectivity index (χ1) is 4.33. The molecule has 1 N–H and O–H groups in total. The molecule has 1 amide bonds. The predicted octanol–water partition coefficient (Wildman–Crippen LogP) is 1.74.